The van der Waals surface area contributed by atoms with E-state index in [9.17, 15) is 14.4 Å². The number of nitrogens with one attached hydrogen (secondary N) is 1. The standard InChI is InChI=1S/C22H23NO5/c24-20(18-11-10-16-6-4-5-7-17(16)12-18)14-28-22(26)13-23-21(25)15-27-19-8-2-1-3-9-19/h1-3,8-12H,4-7,13-15H2,(H,23,25). The summed E-state index contributed by atoms with van der Waals surface area (Å²) in [5, 5.41) is 2.41. The third-order valence-electron chi connectivity index (χ3n) is 4.58. The van der Waals surface area contributed by atoms with Crippen molar-refractivity contribution in [2.24, 2.45) is 0 Å². The van der Waals surface area contributed by atoms with Crippen molar-refractivity contribution in [3.63, 3.8) is 0 Å². The zero-order valence-electron chi connectivity index (χ0n) is 15.6. The summed E-state index contributed by atoms with van der Waals surface area (Å²) in [4.78, 5) is 35.7. The molecule has 0 unspecified atom stereocenters. The van der Waals surface area contributed by atoms with Gasteiger partial charge in [0.1, 0.15) is 12.3 Å². The predicted molar refractivity (Wildman–Crippen MR) is 103 cm³/mol. The van der Waals surface area contributed by atoms with Gasteiger partial charge in [0.05, 0.1) is 0 Å². The Morgan fingerprint density at radius 3 is 2.43 bits per heavy atom. The summed E-state index contributed by atoms with van der Waals surface area (Å²) in [7, 11) is 0. The van der Waals surface area contributed by atoms with Crippen molar-refractivity contribution in [2.75, 3.05) is 19.8 Å². The fraction of sp³-hybridized carbons (Fsp3) is 0.318. The summed E-state index contributed by atoms with van der Waals surface area (Å²) < 4.78 is 10.3. The largest absolute Gasteiger partial charge is 0.484 e. The van der Waals surface area contributed by atoms with E-state index in [1.165, 1.54) is 17.5 Å². The Balaban J connectivity index is 1.38. The number of ether oxygens (including phenoxy) is 2. The van der Waals surface area contributed by atoms with Crippen LogP contribution in [0.5, 0.6) is 5.75 Å². The summed E-state index contributed by atoms with van der Waals surface area (Å²) in [6.45, 7) is -0.853. The van der Waals surface area contributed by atoms with Crippen molar-refractivity contribution in [1.29, 1.82) is 0 Å². The highest BCUT2D eigenvalue weighted by molar-refractivity contribution is 5.98. The molecular formula is C22H23NO5. The van der Waals surface area contributed by atoms with Crippen LogP contribution in [0.4, 0.5) is 0 Å². The third-order valence-corrected chi connectivity index (χ3v) is 4.58. The molecule has 0 saturated heterocycles. The first kappa shape index (κ1) is 19.6. The van der Waals surface area contributed by atoms with Gasteiger partial charge in [0.15, 0.2) is 19.0 Å². The summed E-state index contributed by atoms with van der Waals surface area (Å²) >= 11 is 0. The number of amides is 1. The molecule has 1 aliphatic carbocycles. The van der Waals surface area contributed by atoms with Crippen LogP contribution < -0.4 is 10.1 Å². The minimum absolute atomic E-state index is 0.203. The number of benzene rings is 2. The van der Waals surface area contributed by atoms with Crippen LogP contribution in [-0.2, 0) is 27.2 Å². The van der Waals surface area contributed by atoms with E-state index in [1.807, 2.05) is 18.2 Å². The van der Waals surface area contributed by atoms with Gasteiger partial charge in [-0.2, -0.15) is 0 Å². The SMILES string of the molecule is O=C(COc1ccccc1)NCC(=O)OCC(=O)c1ccc2c(c1)CCCC2. The predicted octanol–water partition coefficient (Wildman–Crippen LogP) is 2.49. The normalized spacial score (nSPS) is 12.6. The first-order valence-electron chi connectivity index (χ1n) is 9.37. The van der Waals surface area contributed by atoms with Crippen molar-refractivity contribution in [2.45, 2.75) is 25.7 Å². The molecule has 0 saturated carbocycles. The molecule has 0 fully saturated rings. The minimum Gasteiger partial charge on any atom is -0.484 e. The van der Waals surface area contributed by atoms with Crippen LogP contribution in [0.3, 0.4) is 0 Å². The second-order valence-electron chi connectivity index (χ2n) is 6.65. The van der Waals surface area contributed by atoms with E-state index >= 15 is 0 Å². The van der Waals surface area contributed by atoms with Gasteiger partial charge in [-0.05, 0) is 55.0 Å². The zero-order chi connectivity index (χ0) is 19.8. The first-order chi connectivity index (χ1) is 13.6. The Morgan fingerprint density at radius 2 is 1.64 bits per heavy atom. The van der Waals surface area contributed by atoms with Gasteiger partial charge in [-0.25, -0.2) is 0 Å². The highest BCUT2D eigenvalue weighted by atomic mass is 16.5. The molecule has 0 bridgehead atoms. The van der Waals surface area contributed by atoms with Gasteiger partial charge in [-0.3, -0.25) is 14.4 Å². The first-order valence-corrected chi connectivity index (χ1v) is 9.37. The Hall–Kier alpha value is -3.15. The Morgan fingerprint density at radius 1 is 0.893 bits per heavy atom. The molecule has 0 atom stereocenters. The Bertz CT molecular complexity index is 847. The molecular weight excluding hydrogens is 358 g/mol. The summed E-state index contributed by atoms with van der Waals surface area (Å²) in [5.41, 5.74) is 3.04. The van der Waals surface area contributed by atoms with Crippen LogP contribution in [0.25, 0.3) is 0 Å². The number of hydrogen-bond donors (Lipinski definition) is 1. The molecule has 1 amide bonds. The van der Waals surface area contributed by atoms with Crippen molar-refractivity contribution in [3.05, 3.63) is 65.2 Å². The number of Topliss-reactive ketones (excluding diaryl/α,β-unsaturated/α-hetero) is 1. The number of ketones is 1. The maximum Gasteiger partial charge on any atom is 0.325 e. The van der Waals surface area contributed by atoms with Crippen molar-refractivity contribution >= 4 is 17.7 Å². The highest BCUT2D eigenvalue weighted by Crippen LogP contribution is 2.22. The third kappa shape index (κ3) is 5.67. The van der Waals surface area contributed by atoms with Crippen LogP contribution in [0, 0.1) is 0 Å². The number of carbonyl (C=O) groups is 3. The van der Waals surface area contributed by atoms with Crippen LogP contribution in [0.1, 0.15) is 34.3 Å². The topological polar surface area (TPSA) is 81.7 Å². The lowest BCUT2D eigenvalue weighted by Gasteiger charge is -2.16. The molecule has 0 radical (unpaired) electrons. The summed E-state index contributed by atoms with van der Waals surface area (Å²) in [6, 6.07) is 14.6. The van der Waals surface area contributed by atoms with Gasteiger partial charge in [-0.15, -0.1) is 0 Å². The van der Waals surface area contributed by atoms with Crippen LogP contribution >= 0.6 is 0 Å². The van der Waals surface area contributed by atoms with E-state index in [0.717, 1.165) is 19.3 Å². The second-order valence-corrected chi connectivity index (χ2v) is 6.65. The molecule has 6 heteroatoms. The lowest BCUT2D eigenvalue weighted by molar-refractivity contribution is -0.143. The lowest BCUT2D eigenvalue weighted by Crippen LogP contribution is -2.34. The fourth-order valence-electron chi connectivity index (χ4n) is 3.07. The number of esters is 1. The molecule has 0 heterocycles. The second kappa shape index (κ2) is 9.69. The van der Waals surface area contributed by atoms with Crippen LogP contribution in [0.2, 0.25) is 0 Å². The zero-order valence-corrected chi connectivity index (χ0v) is 15.6. The molecule has 0 aliphatic heterocycles. The highest BCUT2D eigenvalue weighted by Gasteiger charge is 2.15. The molecule has 0 aromatic heterocycles. The van der Waals surface area contributed by atoms with Crippen LogP contribution in [-0.4, -0.2) is 37.4 Å². The van der Waals surface area contributed by atoms with Gasteiger partial charge in [0.25, 0.3) is 5.91 Å². The monoisotopic (exact) mass is 381 g/mol. The maximum absolute atomic E-state index is 12.2. The van der Waals surface area contributed by atoms with Crippen molar-refractivity contribution < 1.29 is 23.9 Å². The number of hydrogen-bond acceptors (Lipinski definition) is 5. The van der Waals surface area contributed by atoms with Gasteiger partial charge < -0.3 is 14.8 Å². The van der Waals surface area contributed by atoms with Gasteiger partial charge in [0.2, 0.25) is 0 Å². The van der Waals surface area contributed by atoms with E-state index < -0.39 is 11.9 Å². The number of rotatable bonds is 8. The molecule has 0 spiro atoms. The smallest absolute Gasteiger partial charge is 0.325 e. The quantitative estimate of drug-likeness (QED) is 0.561. The molecule has 1 N–H and O–H groups in total. The summed E-state index contributed by atoms with van der Waals surface area (Å²) in [5.74, 6) is -0.794. The van der Waals surface area contributed by atoms with Gasteiger partial charge in [0, 0.05) is 5.56 Å². The average molecular weight is 381 g/mol. The van der Waals surface area contributed by atoms with E-state index in [1.54, 1.807) is 30.3 Å². The maximum atomic E-state index is 12.2. The fourth-order valence-corrected chi connectivity index (χ4v) is 3.07. The number of carbonyl (C=O) groups excluding carboxylic acids is 3. The van der Waals surface area contributed by atoms with E-state index in [4.69, 9.17) is 9.47 Å². The Labute approximate surface area is 163 Å². The van der Waals surface area contributed by atoms with E-state index in [2.05, 4.69) is 5.32 Å². The number of aryl methyl sites for hydroxylation is 2. The van der Waals surface area contributed by atoms with Crippen LogP contribution in [0.15, 0.2) is 48.5 Å². The average Bonchev–Trinajstić information content (AvgIpc) is 2.75. The number of fused-ring (bicyclic) bond motifs is 1. The Kier molecular flexibility index (Phi) is 6.78. The van der Waals surface area contributed by atoms with Crippen molar-refractivity contribution in [1.82, 2.24) is 5.32 Å². The minimum atomic E-state index is -0.667. The molecule has 3 rings (SSSR count). The lowest BCUT2D eigenvalue weighted by atomic mass is 9.90. The molecule has 146 valence electrons. The summed E-state index contributed by atoms with van der Waals surface area (Å²) in [6.07, 6.45) is 4.34. The molecule has 6 nitrogen and oxygen atoms in total. The van der Waals surface area contributed by atoms with E-state index in [-0.39, 0.29) is 25.5 Å². The molecule has 28 heavy (non-hydrogen) atoms. The van der Waals surface area contributed by atoms with Crippen molar-refractivity contribution in [3.8, 4) is 5.75 Å². The van der Waals surface area contributed by atoms with E-state index in [0.29, 0.717) is 11.3 Å². The number of para-hydroxylation sites is 1. The molecule has 1 aliphatic rings. The van der Waals surface area contributed by atoms with Gasteiger partial charge >= 0.3 is 5.97 Å². The molecule has 2 aromatic carbocycles. The van der Waals surface area contributed by atoms with Gasteiger partial charge in [-0.1, -0.05) is 30.3 Å². The molecule has 2 aromatic rings.